The molecule has 266 valence electrons. The third-order valence-electron chi connectivity index (χ3n) is 9.13. The van der Waals surface area contributed by atoms with E-state index in [0.717, 1.165) is 58.8 Å². The standard InChI is InChI=1S/C41H52N4O5/c1-11-15-28(4)49-33-19-13-16-27(3)35(33)31-18-14-17-30(25-31)32-26-34-42-29(5)36(37(39(46)47-10)50-40(6,7)8)38(45(34)43-32)44-22-20-41(9,21-23-44)48-24-12-2/h11-14,16-19,25-26,28,37H,1-2,15,20-24H2,3-10H3/t28-,37-/m0/s1. The number of rotatable bonds is 13. The zero-order valence-corrected chi connectivity index (χ0v) is 30.9. The van der Waals surface area contributed by atoms with E-state index < -0.39 is 17.7 Å². The summed E-state index contributed by atoms with van der Waals surface area (Å²) in [5.74, 6) is 1.11. The molecule has 0 bridgehead atoms. The molecule has 4 aromatic rings. The number of fused-ring (bicyclic) bond motifs is 1. The van der Waals surface area contributed by atoms with Crippen LogP contribution < -0.4 is 9.64 Å². The number of carbonyl (C=O) groups is 1. The normalized spacial score (nSPS) is 15.8. The second-order valence-electron chi connectivity index (χ2n) is 14.4. The van der Waals surface area contributed by atoms with E-state index in [1.807, 2.05) is 62.6 Å². The minimum absolute atomic E-state index is 0.00566. The smallest absolute Gasteiger partial charge is 0.339 e. The highest BCUT2D eigenvalue weighted by atomic mass is 16.6. The maximum Gasteiger partial charge on any atom is 0.339 e. The molecule has 2 atom stereocenters. The first-order chi connectivity index (χ1) is 23.8. The zero-order chi connectivity index (χ0) is 36.2. The van der Waals surface area contributed by atoms with Gasteiger partial charge in [0.2, 0.25) is 0 Å². The predicted octanol–water partition coefficient (Wildman–Crippen LogP) is 8.61. The van der Waals surface area contributed by atoms with Crippen LogP contribution in [-0.2, 0) is 19.0 Å². The number of methoxy groups -OCH3 is 1. The van der Waals surface area contributed by atoms with E-state index in [1.54, 1.807) is 6.08 Å². The third-order valence-corrected chi connectivity index (χ3v) is 9.13. The van der Waals surface area contributed by atoms with Crippen molar-refractivity contribution in [3.8, 4) is 28.1 Å². The van der Waals surface area contributed by atoms with Crippen molar-refractivity contribution >= 4 is 17.4 Å². The summed E-state index contributed by atoms with van der Waals surface area (Å²) in [6.07, 6.45) is 4.98. The summed E-state index contributed by atoms with van der Waals surface area (Å²) in [4.78, 5) is 20.7. The van der Waals surface area contributed by atoms with Crippen molar-refractivity contribution in [2.24, 2.45) is 0 Å². The summed E-state index contributed by atoms with van der Waals surface area (Å²) < 4.78 is 26.1. The number of ether oxygens (including phenoxy) is 4. The Morgan fingerprint density at radius 2 is 1.74 bits per heavy atom. The summed E-state index contributed by atoms with van der Waals surface area (Å²) in [7, 11) is 1.38. The lowest BCUT2D eigenvalue weighted by Crippen LogP contribution is -2.45. The fraction of sp³-hybridized carbons (Fsp3) is 0.439. The second kappa shape index (κ2) is 15.2. The van der Waals surface area contributed by atoms with Crippen LogP contribution in [0.4, 0.5) is 5.82 Å². The molecular weight excluding hydrogens is 628 g/mol. The molecule has 0 amide bonds. The second-order valence-corrected chi connectivity index (χ2v) is 14.4. The van der Waals surface area contributed by atoms with Crippen LogP contribution >= 0.6 is 0 Å². The molecule has 1 saturated heterocycles. The van der Waals surface area contributed by atoms with Crippen molar-refractivity contribution < 1.29 is 23.7 Å². The van der Waals surface area contributed by atoms with Crippen molar-refractivity contribution in [2.75, 3.05) is 31.7 Å². The average molecular weight is 681 g/mol. The number of aromatic nitrogens is 3. The molecule has 1 fully saturated rings. The lowest BCUT2D eigenvalue weighted by atomic mass is 9.92. The van der Waals surface area contributed by atoms with Crippen LogP contribution in [0.25, 0.3) is 28.0 Å². The van der Waals surface area contributed by atoms with Gasteiger partial charge in [0.25, 0.3) is 0 Å². The van der Waals surface area contributed by atoms with Gasteiger partial charge < -0.3 is 23.8 Å². The molecule has 2 aromatic carbocycles. The van der Waals surface area contributed by atoms with Crippen LogP contribution in [0.3, 0.4) is 0 Å². The quantitative estimate of drug-likeness (QED) is 0.103. The van der Waals surface area contributed by atoms with E-state index in [4.69, 9.17) is 29.0 Å². The first-order valence-corrected chi connectivity index (χ1v) is 17.4. The molecule has 0 spiro atoms. The predicted molar refractivity (Wildman–Crippen MR) is 200 cm³/mol. The van der Waals surface area contributed by atoms with Gasteiger partial charge in [-0.2, -0.15) is 9.61 Å². The van der Waals surface area contributed by atoms with E-state index in [9.17, 15) is 4.79 Å². The summed E-state index contributed by atoms with van der Waals surface area (Å²) in [5.41, 5.74) is 5.97. The van der Waals surface area contributed by atoms with Crippen molar-refractivity contribution in [3.63, 3.8) is 0 Å². The molecule has 9 heteroatoms. The molecule has 1 aliphatic rings. The van der Waals surface area contributed by atoms with Crippen LogP contribution in [0.15, 0.2) is 73.8 Å². The van der Waals surface area contributed by atoms with Gasteiger partial charge in [0, 0.05) is 42.4 Å². The number of esters is 1. The van der Waals surface area contributed by atoms with E-state index in [0.29, 0.717) is 36.6 Å². The Morgan fingerprint density at radius 3 is 2.40 bits per heavy atom. The first kappa shape index (κ1) is 36.8. The zero-order valence-electron chi connectivity index (χ0n) is 30.9. The van der Waals surface area contributed by atoms with Crippen molar-refractivity contribution in [1.29, 1.82) is 0 Å². The summed E-state index contributed by atoms with van der Waals surface area (Å²) >= 11 is 0. The highest BCUT2D eigenvalue weighted by Gasteiger charge is 2.38. The molecule has 3 heterocycles. The first-order valence-electron chi connectivity index (χ1n) is 17.4. The summed E-state index contributed by atoms with van der Waals surface area (Å²) in [6.45, 7) is 23.6. The van der Waals surface area contributed by atoms with Crippen LogP contribution in [0.5, 0.6) is 5.75 Å². The number of benzene rings is 2. The lowest BCUT2D eigenvalue weighted by molar-refractivity contribution is -0.164. The molecule has 5 rings (SSSR count). The molecule has 0 saturated carbocycles. The molecule has 0 radical (unpaired) electrons. The van der Waals surface area contributed by atoms with Crippen LogP contribution in [0.2, 0.25) is 0 Å². The molecule has 0 N–H and O–H groups in total. The highest BCUT2D eigenvalue weighted by molar-refractivity contribution is 5.81. The van der Waals surface area contributed by atoms with Gasteiger partial charge in [0.05, 0.1) is 42.3 Å². The lowest BCUT2D eigenvalue weighted by Gasteiger charge is -2.41. The van der Waals surface area contributed by atoms with Crippen molar-refractivity contribution in [3.05, 3.63) is 90.7 Å². The van der Waals surface area contributed by atoms with E-state index in [1.165, 1.54) is 7.11 Å². The van der Waals surface area contributed by atoms with Crippen LogP contribution in [0.1, 0.15) is 76.8 Å². The van der Waals surface area contributed by atoms with Gasteiger partial charge in [-0.25, -0.2) is 9.78 Å². The Kier molecular flexibility index (Phi) is 11.2. The molecule has 9 nitrogen and oxygen atoms in total. The number of hydrogen-bond donors (Lipinski definition) is 0. The van der Waals surface area contributed by atoms with Gasteiger partial charge in [0.1, 0.15) is 11.6 Å². The van der Waals surface area contributed by atoms with E-state index >= 15 is 0 Å². The van der Waals surface area contributed by atoms with Gasteiger partial charge >= 0.3 is 5.97 Å². The minimum Gasteiger partial charge on any atom is -0.490 e. The van der Waals surface area contributed by atoms with Gasteiger partial charge in [-0.05, 0) is 84.6 Å². The maximum absolute atomic E-state index is 13.4. The minimum atomic E-state index is -1.00. The Morgan fingerprint density at radius 1 is 1.04 bits per heavy atom. The number of aryl methyl sites for hydroxylation is 2. The number of nitrogens with zero attached hydrogens (tertiary/aromatic N) is 4. The van der Waals surface area contributed by atoms with E-state index in [2.05, 4.69) is 63.1 Å². The number of carbonyl (C=O) groups excluding carboxylic acids is 1. The Balaban J connectivity index is 1.65. The number of hydrogen-bond acceptors (Lipinski definition) is 8. The Labute approximate surface area is 296 Å². The molecule has 0 aliphatic carbocycles. The highest BCUT2D eigenvalue weighted by Crippen LogP contribution is 2.40. The molecule has 50 heavy (non-hydrogen) atoms. The summed E-state index contributed by atoms with van der Waals surface area (Å²) in [6, 6.07) is 16.5. The fourth-order valence-corrected chi connectivity index (χ4v) is 6.59. The largest absolute Gasteiger partial charge is 0.490 e. The van der Waals surface area contributed by atoms with Crippen LogP contribution in [-0.4, -0.2) is 64.7 Å². The van der Waals surface area contributed by atoms with Crippen molar-refractivity contribution in [2.45, 2.75) is 91.1 Å². The maximum atomic E-state index is 13.4. The number of piperidine rings is 1. The van der Waals surface area contributed by atoms with Gasteiger partial charge in [-0.3, -0.25) is 0 Å². The van der Waals surface area contributed by atoms with Gasteiger partial charge in [-0.15, -0.1) is 13.2 Å². The topological polar surface area (TPSA) is 87.4 Å². The molecule has 0 unspecified atom stereocenters. The summed E-state index contributed by atoms with van der Waals surface area (Å²) in [5, 5.41) is 5.18. The molecule has 1 aliphatic heterocycles. The van der Waals surface area contributed by atoms with Gasteiger partial charge in [0.15, 0.2) is 11.8 Å². The average Bonchev–Trinajstić information content (AvgIpc) is 3.49. The fourth-order valence-electron chi connectivity index (χ4n) is 6.59. The van der Waals surface area contributed by atoms with Gasteiger partial charge in [-0.1, -0.05) is 42.5 Å². The van der Waals surface area contributed by atoms with Crippen molar-refractivity contribution in [1.82, 2.24) is 14.6 Å². The van der Waals surface area contributed by atoms with E-state index in [-0.39, 0.29) is 11.7 Å². The Hall–Kier alpha value is -4.47. The third kappa shape index (κ3) is 8.11. The van der Waals surface area contributed by atoms with Crippen LogP contribution in [0, 0.1) is 13.8 Å². The number of anilines is 1. The SMILES string of the molecule is C=CCOC1(C)CCN(c2c([C@H](OC(C)(C)C)C(=O)OC)c(C)nc3cc(-c4cccc(-c5c(C)cccc5O[C@@H](C)CC=C)c4)nn23)CC1. The molecule has 2 aromatic heterocycles. The Bertz CT molecular complexity index is 1850. The monoisotopic (exact) mass is 680 g/mol. The molecular formula is C41H52N4O5.